The first-order chi connectivity index (χ1) is 9.49. The van der Waals surface area contributed by atoms with Crippen molar-refractivity contribution in [1.82, 2.24) is 0 Å². The zero-order chi connectivity index (χ0) is 15.2. The highest BCUT2D eigenvalue weighted by Crippen LogP contribution is 2.35. The molecule has 0 bridgehead atoms. The smallest absolute Gasteiger partial charge is 0.305 e. The number of esters is 1. The van der Waals surface area contributed by atoms with Gasteiger partial charge in [0.05, 0.1) is 28.6 Å². The molecule has 0 aromatic heterocycles. The molecule has 0 aliphatic rings. The predicted molar refractivity (Wildman–Crippen MR) is 76.7 cm³/mol. The number of benzene rings is 1. The van der Waals surface area contributed by atoms with Crippen LogP contribution in [-0.2, 0) is 14.9 Å². The molecule has 1 atom stereocenters. The van der Waals surface area contributed by atoms with E-state index in [1.807, 2.05) is 0 Å². The van der Waals surface area contributed by atoms with Crippen LogP contribution in [-0.4, -0.2) is 24.8 Å². The predicted octanol–water partition coefficient (Wildman–Crippen LogP) is 3.09. The van der Waals surface area contributed by atoms with Crippen LogP contribution in [0.25, 0.3) is 0 Å². The Morgan fingerprint density at radius 1 is 1.40 bits per heavy atom. The number of aliphatic hydroxyl groups excluding tert-OH is 1. The van der Waals surface area contributed by atoms with Crippen LogP contribution in [0.15, 0.2) is 18.2 Å². The number of halogens is 2. The molecule has 0 aliphatic carbocycles. The maximum Gasteiger partial charge on any atom is 0.305 e. The summed E-state index contributed by atoms with van der Waals surface area (Å²) in [6.07, 6.45) is 0.539. The highest BCUT2D eigenvalue weighted by atomic mass is 35.5. The normalized spacial score (nSPS) is 13.3. The number of nitriles is 1. The first kappa shape index (κ1) is 16.8. The lowest BCUT2D eigenvalue weighted by Crippen LogP contribution is -2.27. The fourth-order valence-corrected chi connectivity index (χ4v) is 2.29. The van der Waals surface area contributed by atoms with Gasteiger partial charge in [0.1, 0.15) is 0 Å². The SMILES string of the molecule is COC(=O)CCC(C#N)(CCO)c1ccc(Cl)c(Cl)c1. The Kier molecular flexibility index (Phi) is 6.28. The lowest BCUT2D eigenvalue weighted by Gasteiger charge is -2.26. The van der Waals surface area contributed by atoms with Crippen molar-refractivity contribution >= 4 is 29.2 Å². The number of carbonyl (C=O) groups excluding carboxylic acids is 1. The summed E-state index contributed by atoms with van der Waals surface area (Å²) in [6, 6.07) is 7.07. The molecule has 0 spiro atoms. The van der Waals surface area contributed by atoms with Crippen molar-refractivity contribution in [3.8, 4) is 6.07 Å². The van der Waals surface area contributed by atoms with E-state index in [4.69, 9.17) is 23.2 Å². The third-order valence-corrected chi connectivity index (χ3v) is 3.95. The van der Waals surface area contributed by atoms with E-state index in [1.165, 1.54) is 7.11 Å². The third-order valence-electron chi connectivity index (χ3n) is 3.21. The van der Waals surface area contributed by atoms with Crippen LogP contribution in [0.2, 0.25) is 10.0 Å². The van der Waals surface area contributed by atoms with Gasteiger partial charge in [-0.25, -0.2) is 0 Å². The van der Waals surface area contributed by atoms with Crippen LogP contribution in [0.1, 0.15) is 24.8 Å². The Bertz CT molecular complexity index is 528. The molecular weight excluding hydrogens is 301 g/mol. The highest BCUT2D eigenvalue weighted by molar-refractivity contribution is 6.42. The topological polar surface area (TPSA) is 70.3 Å². The van der Waals surface area contributed by atoms with Crippen LogP contribution in [0.4, 0.5) is 0 Å². The number of methoxy groups -OCH3 is 1. The average Bonchev–Trinajstić information content (AvgIpc) is 2.46. The van der Waals surface area contributed by atoms with Gasteiger partial charge in [-0.2, -0.15) is 5.26 Å². The molecular formula is C14H15Cl2NO3. The Morgan fingerprint density at radius 2 is 2.10 bits per heavy atom. The Hall–Kier alpha value is -1.28. The first-order valence-corrected chi connectivity index (χ1v) is 6.79. The largest absolute Gasteiger partial charge is 0.469 e. The Morgan fingerprint density at radius 3 is 2.60 bits per heavy atom. The molecule has 1 unspecified atom stereocenters. The summed E-state index contributed by atoms with van der Waals surface area (Å²) in [5, 5.41) is 19.5. The summed E-state index contributed by atoms with van der Waals surface area (Å²) in [6.45, 7) is -0.172. The van der Waals surface area contributed by atoms with Gasteiger partial charge in [0.25, 0.3) is 0 Å². The molecule has 1 N–H and O–H groups in total. The van der Waals surface area contributed by atoms with Crippen LogP contribution < -0.4 is 0 Å². The molecule has 20 heavy (non-hydrogen) atoms. The minimum Gasteiger partial charge on any atom is -0.469 e. The van der Waals surface area contributed by atoms with Crippen LogP contribution >= 0.6 is 23.2 Å². The van der Waals surface area contributed by atoms with E-state index in [0.717, 1.165) is 0 Å². The minimum atomic E-state index is -0.989. The van der Waals surface area contributed by atoms with Crippen molar-refractivity contribution in [2.45, 2.75) is 24.7 Å². The van der Waals surface area contributed by atoms with E-state index in [9.17, 15) is 15.2 Å². The lowest BCUT2D eigenvalue weighted by molar-refractivity contribution is -0.141. The molecule has 0 fully saturated rings. The zero-order valence-electron chi connectivity index (χ0n) is 11.0. The zero-order valence-corrected chi connectivity index (χ0v) is 12.5. The molecule has 0 saturated heterocycles. The fraction of sp³-hybridized carbons (Fsp3) is 0.429. The summed E-state index contributed by atoms with van der Waals surface area (Å²) in [5.74, 6) is -0.400. The number of nitrogens with zero attached hydrogens (tertiary/aromatic N) is 1. The molecule has 1 rings (SSSR count). The second kappa shape index (κ2) is 7.49. The second-order valence-corrected chi connectivity index (χ2v) is 5.19. The number of rotatable bonds is 6. The maximum absolute atomic E-state index is 11.3. The summed E-state index contributed by atoms with van der Waals surface area (Å²) in [5.41, 5.74) is -0.357. The van der Waals surface area contributed by atoms with Crippen molar-refractivity contribution in [3.05, 3.63) is 33.8 Å². The van der Waals surface area contributed by atoms with Crippen LogP contribution in [0.5, 0.6) is 0 Å². The molecule has 0 amide bonds. The summed E-state index contributed by atoms with van der Waals surface area (Å²) >= 11 is 11.8. The number of carbonyl (C=O) groups is 1. The molecule has 108 valence electrons. The van der Waals surface area contributed by atoms with Gasteiger partial charge in [-0.05, 0) is 30.5 Å². The quantitative estimate of drug-likeness (QED) is 0.819. The van der Waals surface area contributed by atoms with Crippen molar-refractivity contribution in [2.24, 2.45) is 0 Å². The summed E-state index contributed by atoms with van der Waals surface area (Å²) < 4.78 is 4.59. The highest BCUT2D eigenvalue weighted by Gasteiger charge is 2.33. The van der Waals surface area contributed by atoms with Gasteiger partial charge in [-0.15, -0.1) is 0 Å². The summed E-state index contributed by atoms with van der Waals surface area (Å²) in [4.78, 5) is 11.3. The Balaban J connectivity index is 3.12. The van der Waals surface area contributed by atoms with Crippen LogP contribution in [0, 0.1) is 11.3 Å². The molecule has 0 aliphatic heterocycles. The van der Waals surface area contributed by atoms with Gasteiger partial charge in [0.2, 0.25) is 0 Å². The summed E-state index contributed by atoms with van der Waals surface area (Å²) in [7, 11) is 1.29. The third kappa shape index (κ3) is 3.86. The van der Waals surface area contributed by atoms with Gasteiger partial charge < -0.3 is 9.84 Å². The van der Waals surface area contributed by atoms with E-state index >= 15 is 0 Å². The van der Waals surface area contributed by atoms with E-state index in [0.29, 0.717) is 15.6 Å². The Labute approximate surface area is 127 Å². The number of ether oxygens (including phenoxy) is 1. The fourth-order valence-electron chi connectivity index (χ4n) is 1.99. The molecule has 6 heteroatoms. The van der Waals surface area contributed by atoms with Crippen LogP contribution in [0.3, 0.4) is 0 Å². The van der Waals surface area contributed by atoms with Gasteiger partial charge in [-0.3, -0.25) is 4.79 Å². The number of hydrogen-bond donors (Lipinski definition) is 1. The van der Waals surface area contributed by atoms with E-state index in [1.54, 1.807) is 18.2 Å². The first-order valence-electron chi connectivity index (χ1n) is 6.03. The van der Waals surface area contributed by atoms with E-state index in [2.05, 4.69) is 10.8 Å². The molecule has 4 nitrogen and oxygen atoms in total. The molecule has 0 heterocycles. The molecule has 0 saturated carbocycles. The number of aliphatic hydroxyl groups is 1. The standard InChI is InChI=1S/C14H15Cl2NO3/c1-20-13(19)4-5-14(9-17,6-7-18)10-2-3-11(15)12(16)8-10/h2-3,8,18H,4-7H2,1H3. The van der Waals surface area contributed by atoms with Crippen molar-refractivity contribution in [3.63, 3.8) is 0 Å². The lowest BCUT2D eigenvalue weighted by atomic mass is 9.75. The monoisotopic (exact) mass is 315 g/mol. The molecule has 1 aromatic rings. The van der Waals surface area contributed by atoms with Gasteiger partial charge in [0, 0.05) is 13.0 Å². The number of hydrogen-bond acceptors (Lipinski definition) is 4. The van der Waals surface area contributed by atoms with Crippen molar-refractivity contribution in [1.29, 1.82) is 5.26 Å². The van der Waals surface area contributed by atoms with Gasteiger partial charge in [0.15, 0.2) is 0 Å². The van der Waals surface area contributed by atoms with Crippen molar-refractivity contribution < 1.29 is 14.6 Å². The molecule has 1 aromatic carbocycles. The van der Waals surface area contributed by atoms with Crippen molar-refractivity contribution in [2.75, 3.05) is 13.7 Å². The van der Waals surface area contributed by atoms with Gasteiger partial charge >= 0.3 is 5.97 Å². The van der Waals surface area contributed by atoms with Gasteiger partial charge in [-0.1, -0.05) is 29.3 Å². The molecule has 0 radical (unpaired) electrons. The minimum absolute atomic E-state index is 0.0876. The average molecular weight is 316 g/mol. The van der Waals surface area contributed by atoms with E-state index < -0.39 is 11.4 Å². The van der Waals surface area contributed by atoms with E-state index in [-0.39, 0.29) is 25.9 Å². The maximum atomic E-state index is 11.3. The second-order valence-electron chi connectivity index (χ2n) is 4.37.